The standard InChI is InChI=1S/C15H31NO3/c1-3-4-9-19-11-14(18)10-16-15(12-17)7-5-13(2)6-8-15/h13-14,16-18H,3-12H2,1-2H3. The molecule has 3 N–H and O–H groups in total. The van der Waals surface area contributed by atoms with E-state index in [4.69, 9.17) is 4.74 Å². The SMILES string of the molecule is CCCCOCC(O)CNC1(CO)CCC(C)CC1. The molecule has 1 saturated carbocycles. The van der Waals surface area contributed by atoms with E-state index < -0.39 is 6.10 Å². The maximum Gasteiger partial charge on any atom is 0.0897 e. The van der Waals surface area contributed by atoms with Gasteiger partial charge in [-0.2, -0.15) is 0 Å². The van der Waals surface area contributed by atoms with Gasteiger partial charge in [0, 0.05) is 18.7 Å². The Morgan fingerprint density at radius 1 is 1.37 bits per heavy atom. The summed E-state index contributed by atoms with van der Waals surface area (Å²) in [6.45, 7) is 6.14. The summed E-state index contributed by atoms with van der Waals surface area (Å²) < 4.78 is 5.41. The summed E-state index contributed by atoms with van der Waals surface area (Å²) in [5, 5.41) is 22.8. The molecule has 0 bridgehead atoms. The van der Waals surface area contributed by atoms with Gasteiger partial charge in [-0.15, -0.1) is 0 Å². The van der Waals surface area contributed by atoms with Crippen LogP contribution in [0.4, 0.5) is 0 Å². The predicted molar refractivity (Wildman–Crippen MR) is 77.2 cm³/mol. The van der Waals surface area contributed by atoms with Crippen LogP contribution in [0.5, 0.6) is 0 Å². The molecule has 0 radical (unpaired) electrons. The largest absolute Gasteiger partial charge is 0.394 e. The van der Waals surface area contributed by atoms with E-state index >= 15 is 0 Å². The van der Waals surface area contributed by atoms with E-state index in [1.165, 1.54) is 0 Å². The van der Waals surface area contributed by atoms with Gasteiger partial charge in [-0.1, -0.05) is 20.3 Å². The summed E-state index contributed by atoms with van der Waals surface area (Å²) in [7, 11) is 0. The van der Waals surface area contributed by atoms with Crippen LogP contribution < -0.4 is 5.32 Å². The van der Waals surface area contributed by atoms with Gasteiger partial charge < -0.3 is 20.3 Å². The number of aliphatic hydroxyl groups excluding tert-OH is 2. The van der Waals surface area contributed by atoms with Gasteiger partial charge in [0.15, 0.2) is 0 Å². The third-order valence-electron chi connectivity index (χ3n) is 4.20. The Bertz CT molecular complexity index is 227. The number of aliphatic hydroxyl groups is 2. The van der Waals surface area contributed by atoms with E-state index in [-0.39, 0.29) is 12.1 Å². The van der Waals surface area contributed by atoms with E-state index in [2.05, 4.69) is 19.2 Å². The van der Waals surface area contributed by atoms with Gasteiger partial charge in [-0.05, 0) is 38.0 Å². The predicted octanol–water partition coefficient (Wildman–Crippen LogP) is 1.69. The first kappa shape index (κ1) is 16.9. The monoisotopic (exact) mass is 273 g/mol. The van der Waals surface area contributed by atoms with Crippen molar-refractivity contribution in [2.75, 3.05) is 26.4 Å². The number of unbranched alkanes of at least 4 members (excludes halogenated alkanes) is 1. The smallest absolute Gasteiger partial charge is 0.0897 e. The number of rotatable bonds is 9. The lowest BCUT2D eigenvalue weighted by Crippen LogP contribution is -2.53. The molecular weight excluding hydrogens is 242 g/mol. The molecule has 1 rings (SSSR count). The van der Waals surface area contributed by atoms with Crippen molar-refractivity contribution in [1.82, 2.24) is 5.32 Å². The first-order valence-electron chi connectivity index (χ1n) is 7.73. The fourth-order valence-corrected chi connectivity index (χ4v) is 2.56. The molecule has 4 nitrogen and oxygen atoms in total. The molecule has 1 unspecified atom stereocenters. The first-order chi connectivity index (χ1) is 9.12. The molecule has 0 aromatic heterocycles. The Hall–Kier alpha value is -0.160. The Morgan fingerprint density at radius 2 is 2.05 bits per heavy atom. The fraction of sp³-hybridized carbons (Fsp3) is 1.00. The van der Waals surface area contributed by atoms with Gasteiger partial charge in [-0.3, -0.25) is 0 Å². The normalized spacial score (nSPS) is 29.4. The first-order valence-corrected chi connectivity index (χ1v) is 7.73. The summed E-state index contributed by atoms with van der Waals surface area (Å²) >= 11 is 0. The third kappa shape index (κ3) is 6.21. The number of hydrogen-bond donors (Lipinski definition) is 3. The number of hydrogen-bond acceptors (Lipinski definition) is 4. The van der Waals surface area contributed by atoms with Crippen molar-refractivity contribution >= 4 is 0 Å². The second-order valence-corrected chi connectivity index (χ2v) is 6.08. The zero-order valence-corrected chi connectivity index (χ0v) is 12.5. The fourth-order valence-electron chi connectivity index (χ4n) is 2.56. The average Bonchev–Trinajstić information content (AvgIpc) is 2.44. The molecule has 0 aromatic carbocycles. The van der Waals surface area contributed by atoms with Crippen LogP contribution in [0, 0.1) is 5.92 Å². The van der Waals surface area contributed by atoms with Crippen LogP contribution in [0.3, 0.4) is 0 Å². The lowest BCUT2D eigenvalue weighted by atomic mass is 9.77. The Labute approximate surface area is 117 Å². The summed E-state index contributed by atoms with van der Waals surface area (Å²) in [4.78, 5) is 0. The molecule has 114 valence electrons. The van der Waals surface area contributed by atoms with Crippen LogP contribution in [0.25, 0.3) is 0 Å². The Balaban J connectivity index is 2.21. The summed E-state index contributed by atoms with van der Waals surface area (Å²) in [5.41, 5.74) is -0.184. The van der Waals surface area contributed by atoms with Gasteiger partial charge >= 0.3 is 0 Å². The third-order valence-corrected chi connectivity index (χ3v) is 4.20. The van der Waals surface area contributed by atoms with E-state index in [1.54, 1.807) is 0 Å². The molecular formula is C15H31NO3. The van der Waals surface area contributed by atoms with Gasteiger partial charge in [0.2, 0.25) is 0 Å². The van der Waals surface area contributed by atoms with Crippen LogP contribution in [-0.4, -0.2) is 48.2 Å². The lowest BCUT2D eigenvalue weighted by Gasteiger charge is -2.39. The Kier molecular flexibility index (Phi) is 7.91. The van der Waals surface area contributed by atoms with E-state index in [9.17, 15) is 10.2 Å². The topological polar surface area (TPSA) is 61.7 Å². The molecule has 19 heavy (non-hydrogen) atoms. The summed E-state index contributed by atoms with van der Waals surface area (Å²) in [5.74, 6) is 0.753. The highest BCUT2D eigenvalue weighted by atomic mass is 16.5. The molecule has 0 amide bonds. The van der Waals surface area contributed by atoms with Gasteiger partial charge in [0.25, 0.3) is 0 Å². The highest BCUT2D eigenvalue weighted by molar-refractivity contribution is 4.92. The van der Waals surface area contributed by atoms with Crippen molar-refractivity contribution in [2.45, 2.75) is 64.0 Å². The van der Waals surface area contributed by atoms with Crippen LogP contribution in [0.2, 0.25) is 0 Å². The van der Waals surface area contributed by atoms with Crippen LogP contribution in [0.15, 0.2) is 0 Å². The van der Waals surface area contributed by atoms with Gasteiger partial charge in [0.05, 0.1) is 19.3 Å². The molecule has 0 saturated heterocycles. The quantitative estimate of drug-likeness (QED) is 0.560. The van der Waals surface area contributed by atoms with Crippen LogP contribution in [0.1, 0.15) is 52.4 Å². The molecule has 0 aliphatic heterocycles. The van der Waals surface area contributed by atoms with Crippen molar-refractivity contribution in [3.05, 3.63) is 0 Å². The number of nitrogens with one attached hydrogen (secondary N) is 1. The van der Waals surface area contributed by atoms with Gasteiger partial charge in [-0.25, -0.2) is 0 Å². The van der Waals surface area contributed by atoms with E-state index in [1.807, 2.05) is 0 Å². The van der Waals surface area contributed by atoms with Crippen molar-refractivity contribution < 1.29 is 14.9 Å². The number of β-amino-alcohol motifs (C(OH)–C–C–N with tert-alkyl or cyclic N) is 1. The second kappa shape index (κ2) is 8.90. The second-order valence-electron chi connectivity index (χ2n) is 6.08. The van der Waals surface area contributed by atoms with Gasteiger partial charge in [0.1, 0.15) is 0 Å². The molecule has 4 heteroatoms. The van der Waals surface area contributed by atoms with Crippen molar-refractivity contribution in [2.24, 2.45) is 5.92 Å². The van der Waals surface area contributed by atoms with Crippen LogP contribution >= 0.6 is 0 Å². The van der Waals surface area contributed by atoms with Crippen molar-refractivity contribution in [3.63, 3.8) is 0 Å². The molecule has 0 heterocycles. The number of ether oxygens (including phenoxy) is 1. The molecule has 1 fully saturated rings. The maximum atomic E-state index is 9.87. The molecule has 0 aromatic rings. The van der Waals surface area contributed by atoms with E-state index in [0.29, 0.717) is 13.2 Å². The summed E-state index contributed by atoms with van der Waals surface area (Å²) in [6, 6.07) is 0. The molecule has 1 aliphatic carbocycles. The minimum atomic E-state index is -0.486. The minimum Gasteiger partial charge on any atom is -0.394 e. The Morgan fingerprint density at radius 3 is 2.63 bits per heavy atom. The molecule has 1 atom stereocenters. The highest BCUT2D eigenvalue weighted by Gasteiger charge is 2.33. The average molecular weight is 273 g/mol. The zero-order valence-electron chi connectivity index (χ0n) is 12.5. The summed E-state index contributed by atoms with van der Waals surface area (Å²) in [6.07, 6.45) is 5.95. The molecule has 1 aliphatic rings. The van der Waals surface area contributed by atoms with E-state index in [0.717, 1.165) is 51.0 Å². The maximum absolute atomic E-state index is 9.87. The minimum absolute atomic E-state index is 0.156. The highest BCUT2D eigenvalue weighted by Crippen LogP contribution is 2.31. The van der Waals surface area contributed by atoms with Crippen LogP contribution in [-0.2, 0) is 4.74 Å². The molecule has 0 spiro atoms. The lowest BCUT2D eigenvalue weighted by molar-refractivity contribution is 0.0229. The zero-order chi connectivity index (χ0) is 14.1. The van der Waals surface area contributed by atoms with Crippen molar-refractivity contribution in [3.8, 4) is 0 Å². The van der Waals surface area contributed by atoms with Crippen molar-refractivity contribution in [1.29, 1.82) is 0 Å².